The number of hydrogen-bond acceptors (Lipinski definition) is 5. The van der Waals surface area contributed by atoms with E-state index in [1.807, 2.05) is 18.9 Å². The van der Waals surface area contributed by atoms with Gasteiger partial charge in [-0.25, -0.2) is 4.39 Å². The van der Waals surface area contributed by atoms with Crippen LogP contribution in [-0.4, -0.2) is 91.6 Å². The van der Waals surface area contributed by atoms with E-state index in [2.05, 4.69) is 4.90 Å². The van der Waals surface area contributed by atoms with E-state index in [9.17, 15) is 14.0 Å². The third-order valence-corrected chi connectivity index (χ3v) is 5.67. The van der Waals surface area contributed by atoms with Gasteiger partial charge in [0.15, 0.2) is 0 Å². The first-order valence-electron chi connectivity index (χ1n) is 10.2. The summed E-state index contributed by atoms with van der Waals surface area (Å²) in [5.74, 6) is 0.403. The topological polar surface area (TPSA) is 62.3 Å². The molecule has 160 valence electrons. The van der Waals surface area contributed by atoms with Gasteiger partial charge in [-0.15, -0.1) is 0 Å². The van der Waals surface area contributed by atoms with Gasteiger partial charge >= 0.3 is 0 Å². The number of halogens is 1. The van der Waals surface area contributed by atoms with Crippen molar-refractivity contribution in [3.05, 3.63) is 30.1 Å². The number of likely N-dealkylation sites (N-methyl/N-ethyl adjacent to an activating group) is 1. The highest BCUT2D eigenvalue weighted by Crippen LogP contribution is 2.21. The summed E-state index contributed by atoms with van der Waals surface area (Å²) in [5, 5.41) is 0. The van der Waals surface area contributed by atoms with Crippen LogP contribution in [0.25, 0.3) is 0 Å². The molecular weight excluding hydrogens is 377 g/mol. The van der Waals surface area contributed by atoms with Gasteiger partial charge in [0, 0.05) is 32.7 Å². The first kappa shape index (κ1) is 21.5. The van der Waals surface area contributed by atoms with Crippen molar-refractivity contribution in [3.8, 4) is 5.75 Å². The van der Waals surface area contributed by atoms with Crippen LogP contribution in [0.1, 0.15) is 19.8 Å². The second-order valence-corrected chi connectivity index (χ2v) is 7.66. The molecule has 1 atom stereocenters. The van der Waals surface area contributed by atoms with E-state index in [4.69, 9.17) is 9.47 Å². The van der Waals surface area contributed by atoms with Crippen LogP contribution in [0.4, 0.5) is 4.39 Å². The van der Waals surface area contributed by atoms with Gasteiger partial charge in [0.05, 0.1) is 13.1 Å². The average Bonchev–Trinajstić information content (AvgIpc) is 2.74. The van der Waals surface area contributed by atoms with Crippen molar-refractivity contribution >= 4 is 11.8 Å². The lowest BCUT2D eigenvalue weighted by atomic mass is 10.0. The smallest absolute Gasteiger partial charge is 0.248 e. The van der Waals surface area contributed by atoms with Gasteiger partial charge in [-0.05, 0) is 44.0 Å². The Hall–Kier alpha value is -2.19. The van der Waals surface area contributed by atoms with Gasteiger partial charge in [-0.1, -0.05) is 0 Å². The Morgan fingerprint density at radius 1 is 1.28 bits per heavy atom. The summed E-state index contributed by atoms with van der Waals surface area (Å²) in [4.78, 5) is 30.3. The Morgan fingerprint density at radius 2 is 1.97 bits per heavy atom. The molecule has 0 radical (unpaired) electrons. The molecule has 2 aliphatic heterocycles. The maximum Gasteiger partial charge on any atom is 0.248 e. The Bertz CT molecular complexity index is 692. The van der Waals surface area contributed by atoms with E-state index in [0.29, 0.717) is 32.0 Å². The van der Waals surface area contributed by atoms with Crippen LogP contribution in [0.2, 0.25) is 0 Å². The third-order valence-electron chi connectivity index (χ3n) is 5.67. The highest BCUT2D eigenvalue weighted by molar-refractivity contribution is 5.79. The molecule has 1 aromatic carbocycles. The summed E-state index contributed by atoms with van der Waals surface area (Å²) in [7, 11) is 1.82. The fraction of sp³-hybridized carbons (Fsp3) is 0.619. The molecule has 7 nitrogen and oxygen atoms in total. The van der Waals surface area contributed by atoms with Crippen LogP contribution in [0.5, 0.6) is 5.75 Å². The lowest BCUT2D eigenvalue weighted by molar-refractivity contribution is -0.155. The molecule has 1 aromatic rings. The highest BCUT2D eigenvalue weighted by Gasteiger charge is 2.34. The number of rotatable bonds is 7. The number of ether oxygens (including phenoxy) is 2. The number of carbonyl (C=O) groups excluding carboxylic acids is 2. The normalized spacial score (nSPS) is 21.3. The summed E-state index contributed by atoms with van der Waals surface area (Å²) in [5.41, 5.74) is 0. The van der Waals surface area contributed by atoms with E-state index < -0.39 is 0 Å². The molecule has 0 aromatic heterocycles. The molecule has 2 heterocycles. The molecule has 1 unspecified atom stereocenters. The Balaban J connectivity index is 1.46. The first-order valence-corrected chi connectivity index (χ1v) is 10.2. The number of hydrogen-bond donors (Lipinski definition) is 0. The number of carbonyl (C=O) groups is 2. The summed E-state index contributed by atoms with van der Waals surface area (Å²) in [6.07, 6.45) is 1.48. The zero-order valence-electron chi connectivity index (χ0n) is 17.2. The molecule has 0 saturated carbocycles. The molecule has 29 heavy (non-hydrogen) atoms. The maximum atomic E-state index is 13.0. The van der Waals surface area contributed by atoms with Crippen LogP contribution in [-0.2, 0) is 14.3 Å². The van der Waals surface area contributed by atoms with E-state index in [-0.39, 0.29) is 36.4 Å². The van der Waals surface area contributed by atoms with Crippen molar-refractivity contribution in [3.63, 3.8) is 0 Å². The summed E-state index contributed by atoms with van der Waals surface area (Å²) in [6, 6.07) is 6.02. The number of benzene rings is 1. The van der Waals surface area contributed by atoms with Crippen molar-refractivity contribution in [1.29, 1.82) is 0 Å². The minimum atomic E-state index is -0.308. The van der Waals surface area contributed by atoms with E-state index in [1.165, 1.54) is 12.1 Å². The minimum absolute atomic E-state index is 0.00303. The molecule has 2 amide bonds. The number of amides is 2. The molecule has 2 saturated heterocycles. The number of piperidine rings is 1. The van der Waals surface area contributed by atoms with Crippen molar-refractivity contribution in [1.82, 2.24) is 14.7 Å². The quantitative estimate of drug-likeness (QED) is 0.683. The van der Waals surface area contributed by atoms with Gasteiger partial charge in [-0.3, -0.25) is 14.5 Å². The Labute approximate surface area is 171 Å². The molecular formula is C21H30FN3O4. The standard InChI is InChI=1S/C21H30FN3O4/c1-3-23(2)20(26)13-24-10-8-17(9-11-24)25-12-19(29-15-21(25)27)14-28-18-6-4-16(22)5-7-18/h4-7,17,19H,3,8-15H2,1-2H3. The zero-order valence-corrected chi connectivity index (χ0v) is 17.2. The van der Waals surface area contributed by atoms with Crippen LogP contribution >= 0.6 is 0 Å². The highest BCUT2D eigenvalue weighted by atomic mass is 19.1. The predicted molar refractivity (Wildman–Crippen MR) is 106 cm³/mol. The molecule has 0 bridgehead atoms. The predicted octanol–water partition coefficient (Wildman–Crippen LogP) is 1.37. The fourth-order valence-corrected chi connectivity index (χ4v) is 3.70. The van der Waals surface area contributed by atoms with Gasteiger partial charge < -0.3 is 19.3 Å². The second-order valence-electron chi connectivity index (χ2n) is 7.66. The molecule has 0 spiro atoms. The van der Waals surface area contributed by atoms with Crippen LogP contribution in [0, 0.1) is 5.82 Å². The number of likely N-dealkylation sites (tertiary alicyclic amines) is 1. The van der Waals surface area contributed by atoms with Crippen LogP contribution < -0.4 is 4.74 Å². The molecule has 8 heteroatoms. The molecule has 3 rings (SSSR count). The van der Waals surface area contributed by atoms with E-state index >= 15 is 0 Å². The summed E-state index contributed by atoms with van der Waals surface area (Å²) < 4.78 is 24.3. The summed E-state index contributed by atoms with van der Waals surface area (Å²) >= 11 is 0. The lowest BCUT2D eigenvalue weighted by Crippen LogP contribution is -2.56. The zero-order chi connectivity index (χ0) is 20.8. The Morgan fingerprint density at radius 3 is 2.62 bits per heavy atom. The summed E-state index contributed by atoms with van der Waals surface area (Å²) in [6.45, 7) is 5.56. The molecule has 0 N–H and O–H groups in total. The maximum absolute atomic E-state index is 13.0. The average molecular weight is 407 g/mol. The van der Waals surface area contributed by atoms with Crippen molar-refractivity contribution in [2.45, 2.75) is 31.9 Å². The van der Waals surface area contributed by atoms with E-state index in [0.717, 1.165) is 25.9 Å². The van der Waals surface area contributed by atoms with Gasteiger partial charge in [0.25, 0.3) is 0 Å². The SMILES string of the molecule is CCN(C)C(=O)CN1CCC(N2CC(COc3ccc(F)cc3)OCC2=O)CC1. The van der Waals surface area contributed by atoms with Gasteiger partial charge in [0.1, 0.15) is 30.9 Å². The first-order chi connectivity index (χ1) is 14.0. The largest absolute Gasteiger partial charge is 0.491 e. The lowest BCUT2D eigenvalue weighted by Gasteiger charge is -2.42. The minimum Gasteiger partial charge on any atom is -0.491 e. The molecule has 2 aliphatic rings. The fourth-order valence-electron chi connectivity index (χ4n) is 3.70. The van der Waals surface area contributed by atoms with Crippen molar-refractivity contribution in [2.75, 3.05) is 53.0 Å². The monoisotopic (exact) mass is 407 g/mol. The number of morpholine rings is 1. The Kier molecular flexibility index (Phi) is 7.44. The number of nitrogens with zero attached hydrogens (tertiary/aromatic N) is 3. The van der Waals surface area contributed by atoms with Crippen LogP contribution in [0.15, 0.2) is 24.3 Å². The third kappa shape index (κ3) is 5.90. The van der Waals surface area contributed by atoms with Gasteiger partial charge in [0.2, 0.25) is 11.8 Å². The van der Waals surface area contributed by atoms with Gasteiger partial charge in [-0.2, -0.15) is 0 Å². The molecule has 0 aliphatic carbocycles. The second kappa shape index (κ2) is 10.0. The van der Waals surface area contributed by atoms with Crippen molar-refractivity contribution in [2.24, 2.45) is 0 Å². The molecule has 2 fully saturated rings. The van der Waals surface area contributed by atoms with Crippen LogP contribution in [0.3, 0.4) is 0 Å². The van der Waals surface area contributed by atoms with E-state index in [1.54, 1.807) is 17.0 Å². The van der Waals surface area contributed by atoms with Crippen molar-refractivity contribution < 1.29 is 23.5 Å².